The Bertz CT molecular complexity index is 850. The lowest BCUT2D eigenvalue weighted by Gasteiger charge is -2.21. The van der Waals surface area contributed by atoms with Gasteiger partial charge in [0.15, 0.2) is 0 Å². The zero-order valence-electron chi connectivity index (χ0n) is 15.8. The quantitative estimate of drug-likeness (QED) is 0.854. The van der Waals surface area contributed by atoms with Gasteiger partial charge in [-0.3, -0.25) is 9.48 Å². The average Bonchev–Trinajstić information content (AvgIpc) is 3.17. The van der Waals surface area contributed by atoms with Crippen molar-refractivity contribution in [3.05, 3.63) is 46.7 Å². The van der Waals surface area contributed by atoms with Gasteiger partial charge in [0.2, 0.25) is 5.91 Å². The molecule has 1 aliphatic rings. The molecule has 3 rings (SSSR count). The Labute approximate surface area is 163 Å². The molecule has 0 aliphatic carbocycles. The molecule has 1 aromatic heterocycles. The lowest BCUT2D eigenvalue weighted by Crippen LogP contribution is -2.44. The van der Waals surface area contributed by atoms with Crippen LogP contribution in [0.1, 0.15) is 24.6 Å². The third kappa shape index (κ3) is 4.42. The maximum atomic E-state index is 12.5. The maximum absolute atomic E-state index is 12.5. The van der Waals surface area contributed by atoms with E-state index in [9.17, 15) is 9.59 Å². The van der Waals surface area contributed by atoms with Gasteiger partial charge < -0.3 is 15.1 Å². The number of halogens is 1. The molecule has 2 heterocycles. The number of nitrogens with zero attached hydrogens (tertiary/aromatic N) is 4. The molecular weight excluding hydrogens is 366 g/mol. The minimum Gasteiger partial charge on any atom is -0.333 e. The number of rotatable bonds is 5. The van der Waals surface area contributed by atoms with Crippen molar-refractivity contribution in [3.8, 4) is 0 Å². The number of aromatic nitrogens is 2. The monoisotopic (exact) mass is 389 g/mol. The lowest BCUT2D eigenvalue weighted by molar-refractivity contribution is -0.117. The van der Waals surface area contributed by atoms with E-state index in [2.05, 4.69) is 10.4 Å². The van der Waals surface area contributed by atoms with Crippen molar-refractivity contribution in [2.75, 3.05) is 18.5 Å². The number of amides is 3. The Kier molecular flexibility index (Phi) is 5.70. The van der Waals surface area contributed by atoms with Crippen molar-refractivity contribution in [1.82, 2.24) is 20.0 Å². The highest BCUT2D eigenvalue weighted by molar-refractivity contribution is 6.30. The zero-order valence-corrected chi connectivity index (χ0v) is 16.5. The Hall–Kier alpha value is -2.54. The van der Waals surface area contributed by atoms with E-state index in [0.717, 1.165) is 23.5 Å². The molecular formula is C19H24ClN5O2. The van der Waals surface area contributed by atoms with Gasteiger partial charge in [-0.2, -0.15) is 5.10 Å². The molecule has 1 aliphatic heterocycles. The summed E-state index contributed by atoms with van der Waals surface area (Å²) >= 11 is 6.01. The first kappa shape index (κ1) is 19.2. The summed E-state index contributed by atoms with van der Waals surface area (Å²) in [5, 5.41) is 7.93. The van der Waals surface area contributed by atoms with Crippen LogP contribution in [0.25, 0.3) is 0 Å². The van der Waals surface area contributed by atoms with Crippen LogP contribution in [-0.4, -0.2) is 46.3 Å². The van der Waals surface area contributed by atoms with Crippen molar-refractivity contribution in [2.24, 2.45) is 0 Å². The second kappa shape index (κ2) is 8.00. The van der Waals surface area contributed by atoms with Crippen molar-refractivity contribution >= 4 is 29.2 Å². The zero-order chi connectivity index (χ0) is 19.6. The van der Waals surface area contributed by atoms with E-state index in [0.29, 0.717) is 18.1 Å². The van der Waals surface area contributed by atoms with E-state index in [1.807, 2.05) is 36.9 Å². The molecule has 1 atom stereocenters. The predicted octanol–water partition coefficient (Wildman–Crippen LogP) is 2.81. The second-order valence-corrected chi connectivity index (χ2v) is 7.22. The normalized spacial score (nSPS) is 16.7. The van der Waals surface area contributed by atoms with Gasteiger partial charge in [-0.25, -0.2) is 4.79 Å². The van der Waals surface area contributed by atoms with Crippen molar-refractivity contribution in [1.29, 1.82) is 0 Å². The third-order valence-corrected chi connectivity index (χ3v) is 4.93. The smallest absolute Gasteiger partial charge is 0.317 e. The van der Waals surface area contributed by atoms with Crippen LogP contribution in [0.2, 0.25) is 5.02 Å². The number of aryl methyl sites for hydroxylation is 2. The fourth-order valence-corrected chi connectivity index (χ4v) is 3.37. The number of hydrogen-bond acceptors (Lipinski definition) is 3. The summed E-state index contributed by atoms with van der Waals surface area (Å²) in [7, 11) is 1.74. The van der Waals surface area contributed by atoms with E-state index in [1.165, 1.54) is 0 Å². The SMILES string of the molecule is CCn1cc(CN(C)C(=O)NC2CC(=O)N(c3cccc(Cl)c3)C2)c(C)n1. The molecule has 3 amide bonds. The number of carbonyl (C=O) groups excluding carboxylic acids is 2. The maximum Gasteiger partial charge on any atom is 0.317 e. The first-order valence-electron chi connectivity index (χ1n) is 8.98. The Morgan fingerprint density at radius 3 is 2.89 bits per heavy atom. The third-order valence-electron chi connectivity index (χ3n) is 4.70. The first-order valence-corrected chi connectivity index (χ1v) is 9.35. The van der Waals surface area contributed by atoms with Crippen molar-refractivity contribution in [3.63, 3.8) is 0 Å². The molecule has 27 heavy (non-hydrogen) atoms. The van der Waals surface area contributed by atoms with Gasteiger partial charge in [0.1, 0.15) is 0 Å². The van der Waals surface area contributed by atoms with Crippen LogP contribution in [-0.2, 0) is 17.9 Å². The van der Waals surface area contributed by atoms with Crippen molar-refractivity contribution < 1.29 is 9.59 Å². The molecule has 2 aromatic rings. The minimum atomic E-state index is -0.231. The number of hydrogen-bond donors (Lipinski definition) is 1. The Balaban J connectivity index is 1.59. The summed E-state index contributed by atoms with van der Waals surface area (Å²) in [6.07, 6.45) is 2.23. The topological polar surface area (TPSA) is 70.5 Å². The predicted molar refractivity (Wildman–Crippen MR) is 105 cm³/mol. The van der Waals surface area contributed by atoms with Gasteiger partial charge in [0, 0.05) is 49.0 Å². The summed E-state index contributed by atoms with van der Waals surface area (Å²) in [4.78, 5) is 28.1. The van der Waals surface area contributed by atoms with Crippen LogP contribution < -0.4 is 10.2 Å². The molecule has 0 radical (unpaired) electrons. The molecule has 1 N–H and O–H groups in total. The summed E-state index contributed by atoms with van der Waals surface area (Å²) < 4.78 is 1.86. The van der Waals surface area contributed by atoms with Gasteiger partial charge in [0.05, 0.1) is 18.3 Å². The van der Waals surface area contributed by atoms with Crippen LogP contribution >= 0.6 is 11.6 Å². The van der Waals surface area contributed by atoms with Crippen LogP contribution in [0.4, 0.5) is 10.5 Å². The van der Waals surface area contributed by atoms with Crippen molar-refractivity contribution in [2.45, 2.75) is 39.4 Å². The first-order chi connectivity index (χ1) is 12.9. The van der Waals surface area contributed by atoms with Gasteiger partial charge >= 0.3 is 6.03 Å². The van der Waals surface area contributed by atoms with Crippen LogP contribution in [0.15, 0.2) is 30.5 Å². The van der Waals surface area contributed by atoms with Crippen LogP contribution in [0.3, 0.4) is 0 Å². The van der Waals surface area contributed by atoms with Gasteiger partial charge in [-0.05, 0) is 32.0 Å². The molecule has 1 aromatic carbocycles. The highest BCUT2D eigenvalue weighted by atomic mass is 35.5. The molecule has 1 fully saturated rings. The van der Waals surface area contributed by atoms with Gasteiger partial charge in [-0.15, -0.1) is 0 Å². The lowest BCUT2D eigenvalue weighted by atomic mass is 10.2. The number of carbonyl (C=O) groups is 2. The molecule has 8 heteroatoms. The highest BCUT2D eigenvalue weighted by Crippen LogP contribution is 2.24. The highest BCUT2D eigenvalue weighted by Gasteiger charge is 2.32. The van der Waals surface area contributed by atoms with Gasteiger partial charge in [0.25, 0.3) is 0 Å². The summed E-state index contributed by atoms with van der Waals surface area (Å²) in [5.41, 5.74) is 2.68. The van der Waals surface area contributed by atoms with Gasteiger partial charge in [-0.1, -0.05) is 17.7 Å². The van der Waals surface area contributed by atoms with E-state index in [-0.39, 0.29) is 24.4 Å². The number of benzene rings is 1. The largest absolute Gasteiger partial charge is 0.333 e. The molecule has 7 nitrogen and oxygen atoms in total. The standard InChI is InChI=1S/C19H24ClN5O2/c1-4-24-11-14(13(2)22-24)10-23(3)19(27)21-16-9-18(26)25(12-16)17-7-5-6-15(20)8-17/h5-8,11,16H,4,9-10,12H2,1-3H3,(H,21,27). The Morgan fingerprint density at radius 1 is 1.44 bits per heavy atom. The minimum absolute atomic E-state index is 0.0229. The summed E-state index contributed by atoms with van der Waals surface area (Å²) in [6, 6.07) is 6.74. The fourth-order valence-electron chi connectivity index (χ4n) is 3.19. The molecule has 0 saturated carbocycles. The van der Waals surface area contributed by atoms with Crippen LogP contribution in [0.5, 0.6) is 0 Å². The van der Waals surface area contributed by atoms with E-state index in [4.69, 9.17) is 11.6 Å². The molecule has 144 valence electrons. The van der Waals surface area contributed by atoms with E-state index < -0.39 is 0 Å². The van der Waals surface area contributed by atoms with E-state index in [1.54, 1.807) is 29.0 Å². The summed E-state index contributed by atoms with van der Waals surface area (Å²) in [6.45, 7) is 5.66. The van der Waals surface area contributed by atoms with E-state index >= 15 is 0 Å². The Morgan fingerprint density at radius 2 is 2.22 bits per heavy atom. The molecule has 1 unspecified atom stereocenters. The molecule has 0 bridgehead atoms. The number of urea groups is 1. The number of nitrogens with one attached hydrogen (secondary N) is 1. The fraction of sp³-hybridized carbons (Fsp3) is 0.421. The molecule has 0 spiro atoms. The second-order valence-electron chi connectivity index (χ2n) is 6.79. The number of anilines is 1. The average molecular weight is 390 g/mol. The molecule has 1 saturated heterocycles. The van der Waals surface area contributed by atoms with Crippen LogP contribution in [0, 0.1) is 6.92 Å². The summed E-state index contributed by atoms with van der Waals surface area (Å²) in [5.74, 6) is -0.0229.